The molecular weight excluding hydrogens is 431 g/mol. The number of rotatable bonds is 5. The molecule has 0 bridgehead atoms. The van der Waals surface area contributed by atoms with Crippen LogP contribution in [0.3, 0.4) is 0 Å². The Labute approximate surface area is 184 Å². The summed E-state index contributed by atoms with van der Waals surface area (Å²) in [7, 11) is 0. The van der Waals surface area contributed by atoms with Crippen LogP contribution in [0.4, 0.5) is 19.0 Å². The highest BCUT2D eigenvalue weighted by molar-refractivity contribution is 6.33. The third kappa shape index (κ3) is 6.15. The van der Waals surface area contributed by atoms with Crippen LogP contribution in [0.25, 0.3) is 0 Å². The standard InChI is InChI=1S/C22H27ClF3N3O2/c1-21(2,3)18-11-19(29-31-18)27-12-13-4-7-15(8-5-13)28-20(30)16-10-14(22(24,25)26)6-9-17(16)23/h6,9-11,13,15H,4-5,7-8,12H2,1-3H3,(H,27,29)(H,28,30)/t13-,15-. The first-order valence-electron chi connectivity index (χ1n) is 10.3. The zero-order valence-electron chi connectivity index (χ0n) is 17.8. The van der Waals surface area contributed by atoms with Crippen LogP contribution in [0.15, 0.2) is 28.8 Å². The minimum Gasteiger partial charge on any atom is -0.367 e. The number of carbonyl (C=O) groups excluding carboxylic acids is 1. The van der Waals surface area contributed by atoms with E-state index in [1.165, 1.54) is 0 Å². The first kappa shape index (κ1) is 23.4. The Balaban J connectivity index is 1.49. The van der Waals surface area contributed by atoms with Gasteiger partial charge in [-0.1, -0.05) is 37.5 Å². The lowest BCUT2D eigenvalue weighted by Gasteiger charge is -2.29. The number of nitrogens with zero attached hydrogens (tertiary/aromatic N) is 1. The molecule has 0 radical (unpaired) electrons. The summed E-state index contributed by atoms with van der Waals surface area (Å²) in [4.78, 5) is 12.5. The quantitative estimate of drug-likeness (QED) is 0.574. The Bertz CT molecular complexity index is 913. The van der Waals surface area contributed by atoms with Crippen molar-refractivity contribution >= 4 is 23.3 Å². The highest BCUT2D eigenvalue weighted by atomic mass is 35.5. The Morgan fingerprint density at radius 3 is 2.42 bits per heavy atom. The first-order chi connectivity index (χ1) is 14.4. The van der Waals surface area contributed by atoms with Gasteiger partial charge in [0, 0.05) is 24.1 Å². The smallest absolute Gasteiger partial charge is 0.367 e. The fourth-order valence-corrected chi connectivity index (χ4v) is 3.81. The van der Waals surface area contributed by atoms with Crippen molar-refractivity contribution in [2.75, 3.05) is 11.9 Å². The maximum atomic E-state index is 12.9. The molecule has 1 amide bonds. The minimum absolute atomic E-state index is 0.00521. The lowest BCUT2D eigenvalue weighted by atomic mass is 9.86. The topological polar surface area (TPSA) is 67.2 Å². The number of halogens is 4. The van der Waals surface area contributed by atoms with Crippen LogP contribution in [-0.2, 0) is 11.6 Å². The molecule has 2 aromatic rings. The molecule has 1 saturated carbocycles. The van der Waals surface area contributed by atoms with Gasteiger partial charge in [0.2, 0.25) is 0 Å². The van der Waals surface area contributed by atoms with Gasteiger partial charge in [0.05, 0.1) is 16.1 Å². The molecule has 0 spiro atoms. The molecule has 1 aromatic carbocycles. The van der Waals surface area contributed by atoms with E-state index >= 15 is 0 Å². The first-order valence-corrected chi connectivity index (χ1v) is 10.7. The van der Waals surface area contributed by atoms with E-state index < -0.39 is 17.6 Å². The summed E-state index contributed by atoms with van der Waals surface area (Å²) in [6, 6.07) is 4.60. The normalized spacial score (nSPS) is 19.8. The van der Waals surface area contributed by atoms with Crippen molar-refractivity contribution in [3.8, 4) is 0 Å². The molecule has 5 nitrogen and oxygen atoms in total. The molecule has 31 heavy (non-hydrogen) atoms. The highest BCUT2D eigenvalue weighted by Crippen LogP contribution is 2.32. The second-order valence-electron chi connectivity index (χ2n) is 9.09. The summed E-state index contributed by atoms with van der Waals surface area (Å²) in [6.45, 7) is 6.91. The van der Waals surface area contributed by atoms with Gasteiger partial charge in [-0.05, 0) is 49.8 Å². The van der Waals surface area contributed by atoms with Gasteiger partial charge in [-0.2, -0.15) is 13.2 Å². The molecule has 0 unspecified atom stereocenters. The van der Waals surface area contributed by atoms with Crippen LogP contribution < -0.4 is 10.6 Å². The van der Waals surface area contributed by atoms with Crippen molar-refractivity contribution in [1.82, 2.24) is 10.5 Å². The molecule has 0 saturated heterocycles. The summed E-state index contributed by atoms with van der Waals surface area (Å²) in [6.07, 6.45) is -1.25. The molecule has 1 fully saturated rings. The number of aromatic nitrogens is 1. The van der Waals surface area contributed by atoms with Crippen LogP contribution in [0.5, 0.6) is 0 Å². The van der Waals surface area contributed by atoms with Crippen molar-refractivity contribution in [2.24, 2.45) is 5.92 Å². The molecule has 0 aliphatic heterocycles. The summed E-state index contributed by atoms with van der Waals surface area (Å²) in [5.41, 5.74) is -1.15. The molecule has 3 rings (SSSR count). The van der Waals surface area contributed by atoms with Crippen molar-refractivity contribution in [3.63, 3.8) is 0 Å². The number of benzene rings is 1. The molecule has 2 N–H and O–H groups in total. The fourth-order valence-electron chi connectivity index (χ4n) is 3.61. The van der Waals surface area contributed by atoms with Gasteiger partial charge in [-0.15, -0.1) is 0 Å². The maximum absolute atomic E-state index is 12.9. The number of anilines is 1. The van der Waals surface area contributed by atoms with E-state index in [0.29, 0.717) is 11.7 Å². The van der Waals surface area contributed by atoms with E-state index in [9.17, 15) is 18.0 Å². The predicted molar refractivity (Wildman–Crippen MR) is 113 cm³/mol. The van der Waals surface area contributed by atoms with Crippen molar-refractivity contribution in [3.05, 3.63) is 46.2 Å². The highest BCUT2D eigenvalue weighted by Gasteiger charge is 2.32. The number of hydrogen-bond acceptors (Lipinski definition) is 4. The second kappa shape index (κ2) is 9.10. The Morgan fingerprint density at radius 2 is 1.84 bits per heavy atom. The zero-order chi connectivity index (χ0) is 22.8. The van der Waals surface area contributed by atoms with Crippen LogP contribution in [-0.4, -0.2) is 23.7 Å². The van der Waals surface area contributed by atoms with Gasteiger partial charge in [0.1, 0.15) is 5.76 Å². The number of nitrogens with one attached hydrogen (secondary N) is 2. The molecule has 1 aliphatic rings. The van der Waals surface area contributed by atoms with Crippen molar-refractivity contribution in [2.45, 2.75) is 64.1 Å². The van der Waals surface area contributed by atoms with Crippen LogP contribution in [0.2, 0.25) is 5.02 Å². The van der Waals surface area contributed by atoms with E-state index in [-0.39, 0.29) is 22.0 Å². The average molecular weight is 458 g/mol. The summed E-state index contributed by atoms with van der Waals surface area (Å²) >= 11 is 5.96. The molecule has 1 aromatic heterocycles. The Morgan fingerprint density at radius 1 is 1.16 bits per heavy atom. The van der Waals surface area contributed by atoms with Crippen molar-refractivity contribution < 1.29 is 22.5 Å². The van der Waals surface area contributed by atoms with Crippen LogP contribution in [0, 0.1) is 5.92 Å². The van der Waals surface area contributed by atoms with Gasteiger partial charge < -0.3 is 15.2 Å². The van der Waals surface area contributed by atoms with E-state index in [2.05, 4.69) is 36.6 Å². The summed E-state index contributed by atoms with van der Waals surface area (Å²) < 4.78 is 44.2. The molecule has 9 heteroatoms. The second-order valence-corrected chi connectivity index (χ2v) is 9.50. The van der Waals surface area contributed by atoms with E-state index in [0.717, 1.165) is 56.2 Å². The molecular formula is C22H27ClF3N3O2. The van der Waals surface area contributed by atoms with Gasteiger partial charge in [-0.25, -0.2) is 0 Å². The monoisotopic (exact) mass is 457 g/mol. The molecule has 1 heterocycles. The predicted octanol–water partition coefficient (Wildman–Crippen LogP) is 6.05. The van der Waals surface area contributed by atoms with Crippen molar-refractivity contribution in [1.29, 1.82) is 0 Å². The average Bonchev–Trinajstić information content (AvgIpc) is 3.16. The molecule has 0 atom stereocenters. The van der Waals surface area contributed by atoms with Crippen LogP contribution in [0.1, 0.15) is 68.1 Å². The number of carbonyl (C=O) groups is 1. The maximum Gasteiger partial charge on any atom is 0.416 e. The third-order valence-electron chi connectivity index (χ3n) is 5.54. The lowest BCUT2D eigenvalue weighted by Crippen LogP contribution is -2.38. The van der Waals surface area contributed by atoms with Gasteiger partial charge in [-0.3, -0.25) is 4.79 Å². The van der Waals surface area contributed by atoms with E-state index in [1.807, 2.05) is 6.07 Å². The molecule has 1 aliphatic carbocycles. The number of alkyl halides is 3. The van der Waals surface area contributed by atoms with E-state index in [1.54, 1.807) is 0 Å². The zero-order valence-corrected chi connectivity index (χ0v) is 18.5. The molecule has 170 valence electrons. The SMILES string of the molecule is CC(C)(C)c1cc(NC[C@H]2CC[C@H](NC(=O)c3cc(C(F)(F)F)ccc3Cl)CC2)no1. The summed E-state index contributed by atoms with van der Waals surface area (Å²) in [5, 5.41) is 10.2. The van der Waals surface area contributed by atoms with Gasteiger partial charge in [0.15, 0.2) is 5.82 Å². The number of hydrogen-bond donors (Lipinski definition) is 2. The van der Waals surface area contributed by atoms with Gasteiger partial charge >= 0.3 is 6.18 Å². The minimum atomic E-state index is -4.53. The number of amides is 1. The summed E-state index contributed by atoms with van der Waals surface area (Å²) in [5.74, 6) is 1.37. The van der Waals surface area contributed by atoms with Gasteiger partial charge in [0.25, 0.3) is 5.91 Å². The fraction of sp³-hybridized carbons (Fsp3) is 0.545. The Hall–Kier alpha value is -2.22. The van der Waals surface area contributed by atoms with E-state index in [4.69, 9.17) is 16.1 Å². The largest absolute Gasteiger partial charge is 0.416 e. The lowest BCUT2D eigenvalue weighted by molar-refractivity contribution is -0.137. The van der Waals surface area contributed by atoms with Crippen LogP contribution >= 0.6 is 11.6 Å². The third-order valence-corrected chi connectivity index (χ3v) is 5.87. The Kier molecular flexibility index (Phi) is 6.88.